The molecular weight excluding hydrogens is 428 g/mol. The van der Waals surface area contributed by atoms with Crippen molar-refractivity contribution in [1.82, 2.24) is 0 Å². The molecule has 0 aromatic carbocycles. The molecule has 0 spiro atoms. The van der Waals surface area contributed by atoms with E-state index in [2.05, 4.69) is 0 Å². The molecule has 4 heavy (non-hydrogen) atoms. The molecule has 0 aromatic rings. The maximum atomic E-state index is 0. The third kappa shape index (κ3) is 8.91. The van der Waals surface area contributed by atoms with E-state index in [9.17, 15) is 0 Å². The van der Waals surface area contributed by atoms with Gasteiger partial charge in [0.1, 0.15) is 0 Å². The molecule has 0 atom stereocenters. The Morgan fingerprint density at radius 2 is 0.750 bits per heavy atom. The molecule has 0 amide bonds. The van der Waals surface area contributed by atoms with Crippen LogP contribution in [-0.4, -0.2) is 72.8 Å². The summed E-state index contributed by atoms with van der Waals surface area (Å²) in [6.07, 6.45) is 0. The normalized spacial score (nSPS) is 0. The van der Waals surface area contributed by atoms with Crippen LogP contribution in [0.3, 0.4) is 0 Å². The van der Waals surface area contributed by atoms with Crippen LogP contribution in [0, 0.1) is 0 Å². The molecule has 0 aliphatic carbocycles. The maximum Gasteiger partial charge on any atom is 4.00 e. The van der Waals surface area contributed by atoms with Crippen molar-refractivity contribution >= 4 is 72.8 Å². The summed E-state index contributed by atoms with van der Waals surface area (Å²) in [6.45, 7) is 0. The third-order valence-corrected chi connectivity index (χ3v) is 0. The van der Waals surface area contributed by atoms with Gasteiger partial charge in [-0.25, -0.2) is 0 Å². The zero-order valence-corrected chi connectivity index (χ0v) is 13.0. The monoisotopic (exact) mass is 426 g/mol. The van der Waals surface area contributed by atoms with E-state index in [1.807, 2.05) is 0 Å². The summed E-state index contributed by atoms with van der Waals surface area (Å²) < 4.78 is 0. The van der Waals surface area contributed by atoms with Crippen molar-refractivity contribution in [3.63, 3.8) is 0 Å². The molecule has 4 heteroatoms. The Bertz CT molecular complexity index is 6.00. The van der Waals surface area contributed by atoms with Crippen LogP contribution >= 0.6 is 0 Å². The fraction of sp³-hybridized carbons (Fsp3) is 0. The van der Waals surface area contributed by atoms with Gasteiger partial charge in [0.15, 0.2) is 0 Å². The van der Waals surface area contributed by atoms with Crippen molar-refractivity contribution in [2.45, 2.75) is 0 Å². The van der Waals surface area contributed by atoms with E-state index in [4.69, 9.17) is 0 Å². The second-order valence-corrected chi connectivity index (χ2v) is 0. The van der Waals surface area contributed by atoms with Gasteiger partial charge in [0.25, 0.3) is 0 Å². The van der Waals surface area contributed by atoms with Crippen LogP contribution in [0.5, 0.6) is 0 Å². The molecule has 0 nitrogen and oxygen atoms in total. The second-order valence-electron chi connectivity index (χ2n) is 0. The van der Waals surface area contributed by atoms with Crippen LogP contribution in [0.2, 0.25) is 0 Å². The van der Waals surface area contributed by atoms with E-state index in [-0.39, 0.29) is 92.2 Å². The molecule has 0 N–H and O–H groups in total. The van der Waals surface area contributed by atoms with Gasteiger partial charge in [-0.3, -0.25) is 0 Å². The Morgan fingerprint density at radius 3 is 0.750 bits per heavy atom. The first-order valence-electron chi connectivity index (χ1n) is 0. The Labute approximate surface area is 90.5 Å². The van der Waals surface area contributed by atoms with Gasteiger partial charge in [0.2, 0.25) is 0 Å². The number of rotatable bonds is 0. The molecular formula is Sb2SnZn+6. The van der Waals surface area contributed by atoms with Gasteiger partial charge in [0.05, 0.1) is 0 Å². The first kappa shape index (κ1) is 27.7. The Hall–Kier alpha value is 3.06. The Balaban J connectivity index is 0. The zero-order valence-electron chi connectivity index (χ0n) is 2.10. The summed E-state index contributed by atoms with van der Waals surface area (Å²) in [5.74, 6) is 0. The van der Waals surface area contributed by atoms with E-state index in [1.54, 1.807) is 0 Å². The minimum absolute atomic E-state index is 0. The zero-order chi connectivity index (χ0) is 0. The Morgan fingerprint density at radius 1 is 0.750 bits per heavy atom. The second kappa shape index (κ2) is 16.6. The molecule has 10 valence electrons. The quantitative estimate of drug-likeness (QED) is 0.429. The fourth-order valence-corrected chi connectivity index (χ4v) is 0. The molecule has 0 saturated heterocycles. The van der Waals surface area contributed by atoms with Crippen LogP contribution < -0.4 is 0 Å². The minimum atomic E-state index is 0. The molecule has 0 saturated carbocycles. The standard InChI is InChI=1S/2Sb.Sn.Zn/q;;+4;+2. The SMILES string of the molecule is [Sb].[Sb].[Sn+4].[Zn+2]. The van der Waals surface area contributed by atoms with Gasteiger partial charge in [-0.2, -0.15) is 0 Å². The van der Waals surface area contributed by atoms with Crippen molar-refractivity contribution in [1.29, 1.82) is 0 Å². The molecule has 0 fully saturated rings. The van der Waals surface area contributed by atoms with Crippen molar-refractivity contribution in [2.24, 2.45) is 0 Å². The van der Waals surface area contributed by atoms with E-state index in [0.717, 1.165) is 0 Å². The van der Waals surface area contributed by atoms with Gasteiger partial charge >= 0.3 is 43.4 Å². The predicted octanol–water partition coefficient (Wildman–Crippen LogP) is -1.14. The maximum absolute atomic E-state index is 0. The van der Waals surface area contributed by atoms with Crippen LogP contribution in [0.15, 0.2) is 0 Å². The summed E-state index contributed by atoms with van der Waals surface area (Å²) in [5.41, 5.74) is 0. The number of hydrogen-bond donors (Lipinski definition) is 0. The first-order chi connectivity index (χ1) is 0. The summed E-state index contributed by atoms with van der Waals surface area (Å²) in [5, 5.41) is 0. The molecule has 0 bridgehead atoms. The molecule has 0 aliphatic rings. The molecule has 0 unspecified atom stereocenters. The molecule has 0 aliphatic heterocycles. The summed E-state index contributed by atoms with van der Waals surface area (Å²) in [4.78, 5) is 0. The van der Waals surface area contributed by atoms with Crippen LogP contribution in [0.25, 0.3) is 0 Å². The Kier molecular flexibility index (Phi) is 115. The van der Waals surface area contributed by atoms with Gasteiger partial charge in [-0.05, 0) is 0 Å². The smallest absolute Gasteiger partial charge is 0 e. The van der Waals surface area contributed by atoms with E-state index >= 15 is 0 Å². The predicted molar refractivity (Wildman–Crippen MR) is 17.3 cm³/mol. The van der Waals surface area contributed by atoms with Crippen LogP contribution in [0.4, 0.5) is 0 Å². The molecule has 0 heterocycles. The minimum Gasteiger partial charge on any atom is 0 e. The largest absolute Gasteiger partial charge is 4.00 e. The average molecular weight is 428 g/mol. The van der Waals surface area contributed by atoms with Gasteiger partial charge in [0, 0.05) is 48.9 Å². The summed E-state index contributed by atoms with van der Waals surface area (Å²) >= 11 is 0. The molecule has 6 radical (unpaired) electrons. The van der Waals surface area contributed by atoms with Crippen molar-refractivity contribution < 1.29 is 19.5 Å². The fourth-order valence-electron chi connectivity index (χ4n) is 0. The average Bonchev–Trinajstić information content (AvgIpc) is 0. The third-order valence-electron chi connectivity index (χ3n) is 0. The van der Waals surface area contributed by atoms with Crippen molar-refractivity contribution in [2.75, 3.05) is 0 Å². The van der Waals surface area contributed by atoms with Gasteiger partial charge in [-0.15, -0.1) is 0 Å². The molecule has 0 aromatic heterocycles. The van der Waals surface area contributed by atoms with Crippen molar-refractivity contribution in [3.05, 3.63) is 0 Å². The van der Waals surface area contributed by atoms with Crippen LogP contribution in [0.1, 0.15) is 0 Å². The van der Waals surface area contributed by atoms with E-state index < -0.39 is 0 Å². The molecule has 0 rings (SSSR count). The van der Waals surface area contributed by atoms with Crippen LogP contribution in [-0.2, 0) is 19.5 Å². The van der Waals surface area contributed by atoms with Gasteiger partial charge < -0.3 is 0 Å². The van der Waals surface area contributed by atoms with Crippen molar-refractivity contribution in [3.8, 4) is 0 Å². The van der Waals surface area contributed by atoms with E-state index in [0.29, 0.717) is 0 Å². The summed E-state index contributed by atoms with van der Waals surface area (Å²) in [7, 11) is 0. The van der Waals surface area contributed by atoms with E-state index in [1.165, 1.54) is 0 Å². The van der Waals surface area contributed by atoms with Gasteiger partial charge in [-0.1, -0.05) is 0 Å². The summed E-state index contributed by atoms with van der Waals surface area (Å²) in [6, 6.07) is 0. The first-order valence-corrected chi connectivity index (χ1v) is 0. The number of hydrogen-bond acceptors (Lipinski definition) is 0. The topological polar surface area (TPSA) is 0 Å².